The van der Waals surface area contributed by atoms with Crippen molar-refractivity contribution >= 4 is 17.0 Å². The topological polar surface area (TPSA) is 36.2 Å². The van der Waals surface area contributed by atoms with E-state index in [0.717, 1.165) is 43.4 Å². The molecule has 0 amide bonds. The summed E-state index contributed by atoms with van der Waals surface area (Å²) in [6.07, 6.45) is 39.9. The standard InChI is InChI=1S/C62H68N2/c1-3-45(62(63)60-36-18-34-58(42-60)56-32-16-28-52(40-56)48-23-11-6-12-24-48)43-61(59-35-17-33-57(41-59)55-31-15-27-51(39-55)47-21-9-5-10-22-47)64-44(2)49-25-13-29-53(37-49)54-30-14-26-50(38-54)46-19-7-4-8-20-46/h5-7,9,11-14,16,18-19,23-26,28-30,32-34,36-39,41-42,44-47,52,55,63H,3-4,8,10,15,17,20-22,27,31,35,40,43H2,1-2H3. The average molecular weight is 841 g/mol. The van der Waals surface area contributed by atoms with Crippen LogP contribution in [0.25, 0.3) is 16.7 Å². The third-order valence-corrected chi connectivity index (χ3v) is 14.9. The summed E-state index contributed by atoms with van der Waals surface area (Å²) >= 11 is 0. The summed E-state index contributed by atoms with van der Waals surface area (Å²) in [5.41, 5.74) is 16.6. The van der Waals surface area contributed by atoms with Gasteiger partial charge >= 0.3 is 0 Å². The predicted molar refractivity (Wildman–Crippen MR) is 273 cm³/mol. The highest BCUT2D eigenvalue weighted by Crippen LogP contribution is 2.40. The van der Waals surface area contributed by atoms with Crippen LogP contribution in [-0.4, -0.2) is 11.4 Å². The van der Waals surface area contributed by atoms with Gasteiger partial charge in [0.05, 0.1) is 6.04 Å². The molecule has 9 rings (SSSR count). The van der Waals surface area contributed by atoms with Crippen molar-refractivity contribution in [2.45, 2.75) is 122 Å². The van der Waals surface area contributed by atoms with Crippen molar-refractivity contribution in [2.75, 3.05) is 0 Å². The minimum atomic E-state index is -0.0194. The van der Waals surface area contributed by atoms with Crippen molar-refractivity contribution in [2.24, 2.45) is 22.7 Å². The van der Waals surface area contributed by atoms with Gasteiger partial charge in [-0.2, -0.15) is 0 Å². The number of nitrogens with zero attached hydrogens (tertiary/aromatic N) is 1. The Morgan fingerprint density at radius 3 is 2.36 bits per heavy atom. The fourth-order valence-electron chi connectivity index (χ4n) is 11.1. The molecule has 0 heterocycles. The first-order valence-corrected chi connectivity index (χ1v) is 24.8. The van der Waals surface area contributed by atoms with Crippen LogP contribution in [-0.2, 0) is 0 Å². The second-order valence-corrected chi connectivity index (χ2v) is 19.2. The maximum Gasteiger partial charge on any atom is 0.0724 e. The van der Waals surface area contributed by atoms with Crippen molar-refractivity contribution in [1.82, 2.24) is 0 Å². The Kier molecular flexibility index (Phi) is 14.3. The van der Waals surface area contributed by atoms with Crippen LogP contribution in [0.2, 0.25) is 0 Å². The lowest BCUT2D eigenvalue weighted by Crippen LogP contribution is -2.21. The van der Waals surface area contributed by atoms with E-state index in [1.165, 1.54) is 114 Å². The van der Waals surface area contributed by atoms with Crippen LogP contribution in [0.5, 0.6) is 0 Å². The van der Waals surface area contributed by atoms with Gasteiger partial charge in [0.15, 0.2) is 0 Å². The predicted octanol–water partition coefficient (Wildman–Crippen LogP) is 17.0. The minimum Gasteiger partial charge on any atom is -0.304 e. The third kappa shape index (κ3) is 10.5. The number of allylic oxidation sites excluding steroid dienone is 14. The summed E-state index contributed by atoms with van der Waals surface area (Å²) in [6, 6.07) is 38.0. The Morgan fingerprint density at radius 2 is 1.53 bits per heavy atom. The number of benzene rings is 4. The molecule has 0 saturated carbocycles. The molecule has 0 aromatic heterocycles. The van der Waals surface area contributed by atoms with Gasteiger partial charge in [-0.25, -0.2) is 0 Å². The van der Waals surface area contributed by atoms with Gasteiger partial charge in [0.1, 0.15) is 0 Å². The van der Waals surface area contributed by atoms with E-state index in [4.69, 9.17) is 4.99 Å². The maximum absolute atomic E-state index is 9.82. The summed E-state index contributed by atoms with van der Waals surface area (Å²) in [6.45, 7) is 4.54. The van der Waals surface area contributed by atoms with Crippen molar-refractivity contribution in [3.8, 4) is 11.1 Å². The Balaban J connectivity index is 1.01. The maximum atomic E-state index is 9.82. The van der Waals surface area contributed by atoms with Crippen LogP contribution in [0.3, 0.4) is 0 Å². The van der Waals surface area contributed by atoms with Gasteiger partial charge in [-0.1, -0.05) is 164 Å². The van der Waals surface area contributed by atoms with Crippen molar-refractivity contribution in [3.05, 3.63) is 208 Å². The van der Waals surface area contributed by atoms with Crippen LogP contribution < -0.4 is 0 Å². The molecule has 4 aromatic carbocycles. The highest BCUT2D eigenvalue weighted by atomic mass is 14.8. The second-order valence-electron chi connectivity index (χ2n) is 19.2. The molecule has 5 aliphatic carbocycles. The van der Waals surface area contributed by atoms with E-state index in [1.807, 2.05) is 0 Å². The minimum absolute atomic E-state index is 0.0194. The summed E-state index contributed by atoms with van der Waals surface area (Å²) in [7, 11) is 0. The van der Waals surface area contributed by atoms with E-state index in [0.29, 0.717) is 23.7 Å². The Bertz CT molecular complexity index is 2530. The number of aliphatic imine (C=N–C) groups is 1. The number of rotatable bonds is 14. The molecular weight excluding hydrogens is 773 g/mol. The average Bonchev–Trinajstić information content (AvgIpc) is 3.38. The lowest BCUT2D eigenvalue weighted by molar-refractivity contribution is 0.485. The second kappa shape index (κ2) is 20.9. The molecule has 2 nitrogen and oxygen atoms in total. The third-order valence-electron chi connectivity index (χ3n) is 14.9. The highest BCUT2D eigenvalue weighted by molar-refractivity contribution is 6.07. The molecule has 0 fully saturated rings. The fourth-order valence-corrected chi connectivity index (χ4v) is 11.1. The monoisotopic (exact) mass is 841 g/mol. The molecule has 0 bridgehead atoms. The zero-order chi connectivity index (χ0) is 43.7. The van der Waals surface area contributed by atoms with Gasteiger partial charge in [0.25, 0.3) is 0 Å². The number of hydrogen-bond donors (Lipinski definition) is 1. The Labute approximate surface area is 384 Å². The summed E-state index contributed by atoms with van der Waals surface area (Å²) in [4.78, 5) is 5.73. The van der Waals surface area contributed by atoms with Crippen LogP contribution in [0.15, 0.2) is 186 Å². The number of nitrogens with one attached hydrogen (secondary N) is 1. The molecule has 5 aliphatic rings. The van der Waals surface area contributed by atoms with Crippen LogP contribution in [0.4, 0.5) is 0 Å². The SMILES string of the molecule is CCC(CC(=NC(C)c1cccc(-c2cccc(C3C=CCCC3)c2)c1)C1=CC(C2C=C(C3CC=CCC3)CCC2)=CCC1)C(=N)c1cccc(C2=CC=CC(c3ccccc3)C2)c1. The molecular formula is C62H68N2. The first-order valence-electron chi connectivity index (χ1n) is 24.8. The summed E-state index contributed by atoms with van der Waals surface area (Å²) < 4.78 is 0. The van der Waals surface area contributed by atoms with E-state index in [1.54, 1.807) is 5.57 Å². The van der Waals surface area contributed by atoms with Crippen molar-refractivity contribution < 1.29 is 0 Å². The van der Waals surface area contributed by atoms with Gasteiger partial charge in [0, 0.05) is 35.1 Å². The molecule has 2 heteroatoms. The molecule has 0 radical (unpaired) electrons. The summed E-state index contributed by atoms with van der Waals surface area (Å²) in [5.74, 6) is 2.12. The number of hydrogen-bond acceptors (Lipinski definition) is 2. The van der Waals surface area contributed by atoms with Crippen LogP contribution in [0.1, 0.15) is 149 Å². The Hall–Kier alpha value is -5.60. The zero-order valence-electron chi connectivity index (χ0n) is 38.4. The van der Waals surface area contributed by atoms with E-state index >= 15 is 0 Å². The first-order chi connectivity index (χ1) is 31.5. The lowest BCUT2D eigenvalue weighted by Gasteiger charge is -2.30. The van der Waals surface area contributed by atoms with E-state index in [9.17, 15) is 5.41 Å². The Morgan fingerprint density at radius 1 is 0.719 bits per heavy atom. The molecule has 326 valence electrons. The van der Waals surface area contributed by atoms with Gasteiger partial charge in [-0.15, -0.1) is 0 Å². The van der Waals surface area contributed by atoms with Crippen LogP contribution >= 0.6 is 0 Å². The normalized spacial score (nSPS) is 23.4. The molecule has 64 heavy (non-hydrogen) atoms. The molecule has 6 unspecified atom stereocenters. The first kappa shape index (κ1) is 43.6. The molecule has 6 atom stereocenters. The lowest BCUT2D eigenvalue weighted by atomic mass is 9.76. The largest absolute Gasteiger partial charge is 0.304 e. The van der Waals surface area contributed by atoms with Crippen molar-refractivity contribution in [1.29, 1.82) is 5.41 Å². The molecule has 1 N–H and O–H groups in total. The smallest absolute Gasteiger partial charge is 0.0724 e. The van der Waals surface area contributed by atoms with Gasteiger partial charge in [0.2, 0.25) is 0 Å². The zero-order valence-corrected chi connectivity index (χ0v) is 38.4. The quantitative estimate of drug-likeness (QED) is 0.0970. The van der Waals surface area contributed by atoms with Gasteiger partial charge in [-0.05, 0) is 171 Å². The van der Waals surface area contributed by atoms with Gasteiger partial charge < -0.3 is 5.41 Å². The van der Waals surface area contributed by atoms with Crippen molar-refractivity contribution in [3.63, 3.8) is 0 Å². The molecule has 0 aliphatic heterocycles. The van der Waals surface area contributed by atoms with E-state index in [2.05, 4.69) is 178 Å². The summed E-state index contributed by atoms with van der Waals surface area (Å²) in [5, 5.41) is 9.82. The highest BCUT2D eigenvalue weighted by Gasteiger charge is 2.26. The molecule has 0 spiro atoms. The van der Waals surface area contributed by atoms with E-state index in [-0.39, 0.29) is 12.0 Å². The van der Waals surface area contributed by atoms with E-state index < -0.39 is 0 Å². The molecule has 4 aromatic rings. The molecule has 0 saturated heterocycles. The fraction of sp³-hybridized carbons (Fsp3) is 0.355. The van der Waals surface area contributed by atoms with Crippen LogP contribution in [0, 0.1) is 23.2 Å². The van der Waals surface area contributed by atoms with Gasteiger partial charge in [-0.3, -0.25) is 4.99 Å².